The zero-order valence-corrected chi connectivity index (χ0v) is 8.31. The molecule has 0 aliphatic rings. The molecular formula is C11H15NO2. The predicted octanol–water partition coefficient (Wildman–Crippen LogP) is 2.23. The summed E-state index contributed by atoms with van der Waals surface area (Å²) < 4.78 is 0. The maximum atomic E-state index is 10.7. The lowest BCUT2D eigenvalue weighted by atomic mass is 10.1. The molecule has 0 aliphatic heterocycles. The fourth-order valence-electron chi connectivity index (χ4n) is 1.30. The lowest BCUT2D eigenvalue weighted by Crippen LogP contribution is -2.31. The smallest absolute Gasteiger partial charge is 0.407 e. The molecule has 1 amide bonds. The van der Waals surface area contributed by atoms with Gasteiger partial charge in [0.2, 0.25) is 0 Å². The standard InChI is InChI=1S/C11H15NO2/c1-2-12(11(13)14)9-8-10-6-4-3-5-7-10/h3-7H,2,8-9H2,1H3,(H,13,14). The molecule has 3 nitrogen and oxygen atoms in total. The van der Waals surface area contributed by atoms with E-state index in [1.165, 1.54) is 10.5 Å². The Morgan fingerprint density at radius 3 is 2.50 bits per heavy atom. The van der Waals surface area contributed by atoms with Gasteiger partial charge in [-0.05, 0) is 18.9 Å². The van der Waals surface area contributed by atoms with E-state index >= 15 is 0 Å². The van der Waals surface area contributed by atoms with E-state index in [1.807, 2.05) is 37.3 Å². The van der Waals surface area contributed by atoms with Gasteiger partial charge in [-0.1, -0.05) is 30.3 Å². The van der Waals surface area contributed by atoms with Crippen LogP contribution in [-0.2, 0) is 6.42 Å². The topological polar surface area (TPSA) is 40.5 Å². The van der Waals surface area contributed by atoms with Crippen LogP contribution in [-0.4, -0.2) is 29.2 Å². The van der Waals surface area contributed by atoms with Crippen LogP contribution in [0.25, 0.3) is 0 Å². The molecule has 0 unspecified atom stereocenters. The molecule has 1 rings (SSSR count). The Bertz CT molecular complexity index is 285. The number of hydrogen-bond acceptors (Lipinski definition) is 1. The van der Waals surface area contributed by atoms with Crippen molar-refractivity contribution < 1.29 is 9.90 Å². The van der Waals surface area contributed by atoms with E-state index in [-0.39, 0.29) is 0 Å². The summed E-state index contributed by atoms with van der Waals surface area (Å²) in [6, 6.07) is 9.91. The van der Waals surface area contributed by atoms with Crippen molar-refractivity contribution in [1.82, 2.24) is 4.90 Å². The Balaban J connectivity index is 2.44. The summed E-state index contributed by atoms with van der Waals surface area (Å²) in [5, 5.41) is 8.78. The number of amides is 1. The van der Waals surface area contributed by atoms with Crippen molar-refractivity contribution in [2.24, 2.45) is 0 Å². The minimum atomic E-state index is -0.844. The zero-order chi connectivity index (χ0) is 10.4. The molecule has 0 aromatic heterocycles. The highest BCUT2D eigenvalue weighted by Crippen LogP contribution is 2.01. The molecule has 0 aliphatic carbocycles. The van der Waals surface area contributed by atoms with E-state index in [2.05, 4.69) is 0 Å². The van der Waals surface area contributed by atoms with Crippen molar-refractivity contribution in [3.63, 3.8) is 0 Å². The van der Waals surface area contributed by atoms with Gasteiger partial charge in [-0.25, -0.2) is 4.79 Å². The zero-order valence-electron chi connectivity index (χ0n) is 8.31. The Kier molecular flexibility index (Phi) is 3.98. The summed E-state index contributed by atoms with van der Waals surface area (Å²) in [6.07, 6.45) is -0.0653. The van der Waals surface area contributed by atoms with Crippen molar-refractivity contribution in [3.8, 4) is 0 Å². The van der Waals surface area contributed by atoms with E-state index in [9.17, 15) is 4.79 Å². The first-order valence-corrected chi connectivity index (χ1v) is 4.76. The minimum Gasteiger partial charge on any atom is -0.465 e. The molecule has 0 radical (unpaired) electrons. The van der Waals surface area contributed by atoms with Gasteiger partial charge in [0.1, 0.15) is 0 Å². The van der Waals surface area contributed by atoms with Gasteiger partial charge < -0.3 is 10.0 Å². The van der Waals surface area contributed by atoms with Gasteiger partial charge >= 0.3 is 6.09 Å². The summed E-state index contributed by atoms with van der Waals surface area (Å²) in [5.41, 5.74) is 1.17. The Labute approximate surface area is 84.0 Å². The molecule has 0 saturated heterocycles. The third-order valence-electron chi connectivity index (χ3n) is 2.17. The number of carboxylic acid groups (broad SMARTS) is 1. The van der Waals surface area contributed by atoms with E-state index in [4.69, 9.17) is 5.11 Å². The maximum absolute atomic E-state index is 10.7. The SMILES string of the molecule is CCN(CCc1ccccc1)C(=O)O. The molecule has 0 heterocycles. The summed E-state index contributed by atoms with van der Waals surface area (Å²) in [4.78, 5) is 12.1. The molecule has 3 heteroatoms. The molecule has 0 fully saturated rings. The van der Waals surface area contributed by atoms with Crippen molar-refractivity contribution >= 4 is 6.09 Å². The van der Waals surface area contributed by atoms with E-state index in [1.54, 1.807) is 0 Å². The average Bonchev–Trinajstić information content (AvgIpc) is 2.20. The fraction of sp³-hybridized carbons (Fsp3) is 0.364. The fourth-order valence-corrected chi connectivity index (χ4v) is 1.30. The summed E-state index contributed by atoms with van der Waals surface area (Å²) >= 11 is 0. The normalized spacial score (nSPS) is 9.79. The number of nitrogens with zero attached hydrogens (tertiary/aromatic N) is 1. The number of hydrogen-bond donors (Lipinski definition) is 1. The van der Waals surface area contributed by atoms with Crippen LogP contribution in [0.1, 0.15) is 12.5 Å². The first-order valence-electron chi connectivity index (χ1n) is 4.76. The van der Waals surface area contributed by atoms with Crippen molar-refractivity contribution in [1.29, 1.82) is 0 Å². The Morgan fingerprint density at radius 1 is 1.36 bits per heavy atom. The van der Waals surface area contributed by atoms with Crippen molar-refractivity contribution in [2.75, 3.05) is 13.1 Å². The molecule has 1 N–H and O–H groups in total. The molecule has 0 spiro atoms. The summed E-state index contributed by atoms with van der Waals surface area (Å²) in [5.74, 6) is 0. The van der Waals surface area contributed by atoms with Crippen LogP contribution < -0.4 is 0 Å². The van der Waals surface area contributed by atoms with Crippen LogP contribution in [0.2, 0.25) is 0 Å². The van der Waals surface area contributed by atoms with Gasteiger partial charge in [-0.2, -0.15) is 0 Å². The molecule has 14 heavy (non-hydrogen) atoms. The number of carbonyl (C=O) groups is 1. The molecule has 1 aromatic rings. The van der Waals surface area contributed by atoms with Gasteiger partial charge in [-0.3, -0.25) is 0 Å². The van der Waals surface area contributed by atoms with Crippen LogP contribution in [0.4, 0.5) is 4.79 Å². The van der Waals surface area contributed by atoms with Crippen LogP contribution >= 0.6 is 0 Å². The highest BCUT2D eigenvalue weighted by molar-refractivity contribution is 5.64. The van der Waals surface area contributed by atoms with E-state index in [0.29, 0.717) is 13.1 Å². The molecular weight excluding hydrogens is 178 g/mol. The third-order valence-corrected chi connectivity index (χ3v) is 2.17. The second-order valence-corrected chi connectivity index (χ2v) is 3.10. The van der Waals surface area contributed by atoms with Crippen molar-refractivity contribution in [2.45, 2.75) is 13.3 Å². The van der Waals surface area contributed by atoms with Gasteiger partial charge in [0.15, 0.2) is 0 Å². The maximum Gasteiger partial charge on any atom is 0.407 e. The second-order valence-electron chi connectivity index (χ2n) is 3.10. The number of rotatable bonds is 4. The average molecular weight is 193 g/mol. The van der Waals surface area contributed by atoms with E-state index < -0.39 is 6.09 Å². The van der Waals surface area contributed by atoms with Gasteiger partial charge in [0.25, 0.3) is 0 Å². The van der Waals surface area contributed by atoms with Crippen LogP contribution in [0, 0.1) is 0 Å². The largest absolute Gasteiger partial charge is 0.465 e. The molecule has 1 aromatic carbocycles. The molecule has 0 atom stereocenters. The number of likely N-dealkylation sites (N-methyl/N-ethyl adjacent to an activating group) is 1. The lowest BCUT2D eigenvalue weighted by molar-refractivity contribution is 0.148. The quantitative estimate of drug-likeness (QED) is 0.796. The molecule has 0 saturated carbocycles. The Hall–Kier alpha value is -1.51. The lowest BCUT2D eigenvalue weighted by Gasteiger charge is -2.16. The summed E-state index contributed by atoms with van der Waals surface area (Å²) in [7, 11) is 0. The van der Waals surface area contributed by atoms with Crippen LogP contribution in [0.5, 0.6) is 0 Å². The highest BCUT2D eigenvalue weighted by Gasteiger charge is 2.07. The van der Waals surface area contributed by atoms with Gasteiger partial charge in [0.05, 0.1) is 0 Å². The van der Waals surface area contributed by atoms with Crippen LogP contribution in [0.3, 0.4) is 0 Å². The highest BCUT2D eigenvalue weighted by atomic mass is 16.4. The van der Waals surface area contributed by atoms with Crippen LogP contribution in [0.15, 0.2) is 30.3 Å². The number of benzene rings is 1. The monoisotopic (exact) mass is 193 g/mol. The van der Waals surface area contributed by atoms with Gasteiger partial charge in [0, 0.05) is 13.1 Å². The van der Waals surface area contributed by atoms with Gasteiger partial charge in [-0.15, -0.1) is 0 Å². The predicted molar refractivity (Wildman–Crippen MR) is 55.4 cm³/mol. The molecule has 76 valence electrons. The van der Waals surface area contributed by atoms with Crippen molar-refractivity contribution in [3.05, 3.63) is 35.9 Å². The third kappa shape index (κ3) is 3.09. The second kappa shape index (κ2) is 5.27. The minimum absolute atomic E-state index is 0.544. The first kappa shape index (κ1) is 10.6. The summed E-state index contributed by atoms with van der Waals surface area (Å²) in [6.45, 7) is 2.96. The molecule has 0 bridgehead atoms. The van der Waals surface area contributed by atoms with E-state index in [0.717, 1.165) is 6.42 Å². The first-order chi connectivity index (χ1) is 6.74. The Morgan fingerprint density at radius 2 is 2.00 bits per heavy atom.